The average Bonchev–Trinajstić information content (AvgIpc) is 2.18. The zero-order chi connectivity index (χ0) is 10.6. The summed E-state index contributed by atoms with van der Waals surface area (Å²) >= 11 is 0. The van der Waals surface area contributed by atoms with Crippen LogP contribution in [0.1, 0.15) is 49.2 Å². The summed E-state index contributed by atoms with van der Waals surface area (Å²) in [4.78, 5) is 0. The summed E-state index contributed by atoms with van der Waals surface area (Å²) in [6.07, 6.45) is 2.57. The van der Waals surface area contributed by atoms with Gasteiger partial charge in [-0.3, -0.25) is 0 Å². The molecule has 0 spiro atoms. The van der Waals surface area contributed by atoms with Gasteiger partial charge in [0.1, 0.15) is 0 Å². The van der Waals surface area contributed by atoms with Gasteiger partial charge >= 0.3 is 0 Å². The van der Waals surface area contributed by atoms with Crippen molar-refractivity contribution in [1.82, 2.24) is 10.2 Å². The number of aromatic nitrogens is 2. The highest BCUT2D eigenvalue weighted by Crippen LogP contribution is 2.21. The zero-order valence-electron chi connectivity index (χ0n) is 9.12. The van der Waals surface area contributed by atoms with Crippen molar-refractivity contribution in [3.05, 3.63) is 23.0 Å². The molecule has 14 heavy (non-hydrogen) atoms. The lowest BCUT2D eigenvalue weighted by Gasteiger charge is -2.12. The highest BCUT2D eigenvalue weighted by Gasteiger charge is 2.11. The van der Waals surface area contributed by atoms with Crippen molar-refractivity contribution in [2.75, 3.05) is 0 Å². The smallest absolute Gasteiger partial charge is 0.0808 e. The third kappa shape index (κ3) is 2.77. The maximum absolute atomic E-state index is 9.89. The zero-order valence-corrected chi connectivity index (χ0v) is 9.12. The van der Waals surface area contributed by atoms with E-state index in [0.717, 1.165) is 36.2 Å². The molecule has 0 saturated heterocycles. The van der Waals surface area contributed by atoms with Gasteiger partial charge in [0, 0.05) is 5.56 Å². The SMILES string of the molecule is CCCCC(O)c1cc(C)nnc1C. The molecule has 78 valence electrons. The summed E-state index contributed by atoms with van der Waals surface area (Å²) in [5.74, 6) is 0. The standard InChI is InChI=1S/C11H18N2O/c1-4-5-6-11(14)10-7-8(2)12-13-9(10)3/h7,11,14H,4-6H2,1-3H3. The van der Waals surface area contributed by atoms with E-state index in [1.165, 1.54) is 0 Å². The molecular weight excluding hydrogens is 176 g/mol. The first kappa shape index (κ1) is 11.1. The van der Waals surface area contributed by atoms with Gasteiger partial charge in [0.2, 0.25) is 0 Å². The molecule has 1 aromatic rings. The van der Waals surface area contributed by atoms with E-state index in [0.29, 0.717) is 0 Å². The van der Waals surface area contributed by atoms with Crippen LogP contribution in [-0.4, -0.2) is 15.3 Å². The number of aliphatic hydroxyl groups excluding tert-OH is 1. The van der Waals surface area contributed by atoms with Crippen molar-refractivity contribution in [3.63, 3.8) is 0 Å². The molecular formula is C11H18N2O. The third-order valence-corrected chi connectivity index (χ3v) is 2.33. The topological polar surface area (TPSA) is 46.0 Å². The number of nitrogens with zero attached hydrogens (tertiary/aromatic N) is 2. The Balaban J connectivity index is 2.77. The van der Waals surface area contributed by atoms with E-state index in [1.807, 2.05) is 19.9 Å². The van der Waals surface area contributed by atoms with E-state index in [4.69, 9.17) is 0 Å². The van der Waals surface area contributed by atoms with Gasteiger partial charge < -0.3 is 5.11 Å². The van der Waals surface area contributed by atoms with Crippen LogP contribution >= 0.6 is 0 Å². The van der Waals surface area contributed by atoms with E-state index < -0.39 is 0 Å². The first-order valence-electron chi connectivity index (χ1n) is 5.14. The molecule has 1 rings (SSSR count). The Morgan fingerprint density at radius 1 is 1.36 bits per heavy atom. The van der Waals surface area contributed by atoms with Gasteiger partial charge in [0.25, 0.3) is 0 Å². The van der Waals surface area contributed by atoms with E-state index in [-0.39, 0.29) is 6.10 Å². The number of unbranched alkanes of at least 4 members (excludes halogenated alkanes) is 1. The molecule has 1 aromatic heterocycles. The fourth-order valence-electron chi connectivity index (χ4n) is 1.46. The summed E-state index contributed by atoms with van der Waals surface area (Å²) in [5.41, 5.74) is 2.62. The summed E-state index contributed by atoms with van der Waals surface area (Å²) in [6, 6.07) is 1.92. The van der Waals surface area contributed by atoms with Gasteiger partial charge in [-0.1, -0.05) is 19.8 Å². The first-order valence-corrected chi connectivity index (χ1v) is 5.14. The van der Waals surface area contributed by atoms with Gasteiger partial charge in [-0.05, 0) is 26.3 Å². The van der Waals surface area contributed by atoms with Crippen LogP contribution in [-0.2, 0) is 0 Å². The number of aliphatic hydroxyl groups is 1. The van der Waals surface area contributed by atoms with Crippen molar-refractivity contribution in [2.24, 2.45) is 0 Å². The highest BCUT2D eigenvalue weighted by atomic mass is 16.3. The molecule has 0 bridgehead atoms. The third-order valence-electron chi connectivity index (χ3n) is 2.33. The lowest BCUT2D eigenvalue weighted by molar-refractivity contribution is 0.162. The monoisotopic (exact) mass is 194 g/mol. The molecule has 3 nitrogen and oxygen atoms in total. The van der Waals surface area contributed by atoms with Crippen molar-refractivity contribution in [2.45, 2.75) is 46.1 Å². The minimum atomic E-state index is -0.385. The molecule has 0 aromatic carbocycles. The summed E-state index contributed by atoms with van der Waals surface area (Å²) in [5, 5.41) is 17.8. The van der Waals surface area contributed by atoms with Gasteiger partial charge in [0.05, 0.1) is 17.5 Å². The van der Waals surface area contributed by atoms with Crippen LogP contribution in [0.2, 0.25) is 0 Å². The van der Waals surface area contributed by atoms with Crippen molar-refractivity contribution in [1.29, 1.82) is 0 Å². The van der Waals surface area contributed by atoms with E-state index in [2.05, 4.69) is 17.1 Å². The molecule has 3 heteroatoms. The van der Waals surface area contributed by atoms with Crippen molar-refractivity contribution < 1.29 is 5.11 Å². The van der Waals surface area contributed by atoms with E-state index >= 15 is 0 Å². The molecule has 1 atom stereocenters. The molecule has 0 aliphatic heterocycles. The predicted molar refractivity (Wildman–Crippen MR) is 56.0 cm³/mol. The van der Waals surface area contributed by atoms with Crippen LogP contribution in [0.25, 0.3) is 0 Å². The molecule has 0 amide bonds. The Kier molecular flexibility index (Phi) is 4.01. The highest BCUT2D eigenvalue weighted by molar-refractivity contribution is 5.22. The fourth-order valence-corrected chi connectivity index (χ4v) is 1.46. The molecule has 0 fully saturated rings. The Morgan fingerprint density at radius 3 is 2.71 bits per heavy atom. The normalized spacial score (nSPS) is 12.9. The minimum Gasteiger partial charge on any atom is -0.388 e. The number of rotatable bonds is 4. The Bertz CT molecular complexity index is 299. The van der Waals surface area contributed by atoms with Crippen LogP contribution in [0.5, 0.6) is 0 Å². The van der Waals surface area contributed by atoms with Crippen LogP contribution in [0.4, 0.5) is 0 Å². The second-order valence-electron chi connectivity index (χ2n) is 3.68. The molecule has 0 saturated carbocycles. The molecule has 0 radical (unpaired) electrons. The maximum Gasteiger partial charge on any atom is 0.0808 e. The summed E-state index contributed by atoms with van der Waals surface area (Å²) < 4.78 is 0. The summed E-state index contributed by atoms with van der Waals surface area (Å²) in [6.45, 7) is 5.90. The average molecular weight is 194 g/mol. The number of aryl methyl sites for hydroxylation is 2. The molecule has 0 aliphatic rings. The molecule has 1 N–H and O–H groups in total. The molecule has 1 heterocycles. The van der Waals surface area contributed by atoms with Crippen LogP contribution in [0, 0.1) is 13.8 Å². The Morgan fingerprint density at radius 2 is 2.07 bits per heavy atom. The summed E-state index contributed by atoms with van der Waals surface area (Å²) in [7, 11) is 0. The number of hydrogen-bond donors (Lipinski definition) is 1. The van der Waals surface area contributed by atoms with Crippen molar-refractivity contribution >= 4 is 0 Å². The predicted octanol–water partition coefficient (Wildman–Crippen LogP) is 2.32. The Labute approximate surface area is 85.2 Å². The van der Waals surface area contributed by atoms with E-state index in [9.17, 15) is 5.11 Å². The second-order valence-corrected chi connectivity index (χ2v) is 3.68. The lowest BCUT2D eigenvalue weighted by Crippen LogP contribution is -2.04. The lowest BCUT2D eigenvalue weighted by atomic mass is 10.0. The number of hydrogen-bond acceptors (Lipinski definition) is 3. The van der Waals surface area contributed by atoms with Crippen molar-refractivity contribution in [3.8, 4) is 0 Å². The Hall–Kier alpha value is -0.960. The van der Waals surface area contributed by atoms with Crippen LogP contribution < -0.4 is 0 Å². The van der Waals surface area contributed by atoms with Gasteiger partial charge in [0.15, 0.2) is 0 Å². The van der Waals surface area contributed by atoms with Gasteiger partial charge in [-0.15, -0.1) is 0 Å². The minimum absolute atomic E-state index is 0.385. The first-order chi connectivity index (χ1) is 6.65. The maximum atomic E-state index is 9.89. The van der Waals surface area contributed by atoms with Gasteiger partial charge in [-0.2, -0.15) is 10.2 Å². The molecule has 0 aliphatic carbocycles. The fraction of sp³-hybridized carbons (Fsp3) is 0.636. The second kappa shape index (κ2) is 5.05. The van der Waals surface area contributed by atoms with Gasteiger partial charge in [-0.25, -0.2) is 0 Å². The molecule has 1 unspecified atom stereocenters. The van der Waals surface area contributed by atoms with Crippen LogP contribution in [0.3, 0.4) is 0 Å². The quantitative estimate of drug-likeness (QED) is 0.800. The largest absolute Gasteiger partial charge is 0.388 e. The van der Waals surface area contributed by atoms with Crippen LogP contribution in [0.15, 0.2) is 6.07 Å². The van der Waals surface area contributed by atoms with E-state index in [1.54, 1.807) is 0 Å².